The van der Waals surface area contributed by atoms with Crippen LogP contribution < -0.4 is 0 Å². The molecule has 0 amide bonds. The predicted molar refractivity (Wildman–Crippen MR) is 49.8 cm³/mol. The fraction of sp³-hybridized carbons (Fsp3) is 0.273. The fourth-order valence-corrected chi connectivity index (χ4v) is 1.28. The monoisotopic (exact) mass is 170 g/mol. The third kappa shape index (κ3) is 1.86. The van der Waals surface area contributed by atoms with Crippen molar-refractivity contribution in [2.75, 3.05) is 0 Å². The molecule has 13 heavy (non-hydrogen) atoms. The van der Waals surface area contributed by atoms with E-state index in [9.17, 15) is 0 Å². The second-order valence-electron chi connectivity index (χ2n) is 2.79. The summed E-state index contributed by atoms with van der Waals surface area (Å²) in [6, 6.07) is 11.5. The summed E-state index contributed by atoms with van der Waals surface area (Å²) in [5.74, 6) is -0.157. The minimum absolute atomic E-state index is 0.157. The highest BCUT2D eigenvalue weighted by Gasteiger charge is 2.11. The van der Waals surface area contributed by atoms with Crippen LogP contribution in [0.25, 0.3) is 0 Å². The molecule has 0 saturated carbocycles. The molecular weight excluding hydrogens is 160 g/mol. The van der Waals surface area contributed by atoms with Gasteiger partial charge in [0.2, 0.25) is 0 Å². The molecule has 1 aromatic rings. The lowest BCUT2D eigenvalue weighted by molar-refractivity contribution is 0.815. The Morgan fingerprint density at radius 2 is 2.00 bits per heavy atom. The van der Waals surface area contributed by atoms with Crippen LogP contribution in [0.5, 0.6) is 0 Å². The zero-order valence-corrected chi connectivity index (χ0v) is 7.49. The number of nitriles is 2. The number of rotatable bonds is 2. The predicted octanol–water partition coefficient (Wildman–Crippen LogP) is 2.58. The highest BCUT2D eigenvalue weighted by molar-refractivity contribution is 5.41. The average Bonchev–Trinajstić information content (AvgIpc) is 2.20. The van der Waals surface area contributed by atoms with Crippen LogP contribution in [0.4, 0.5) is 0 Å². The molecule has 0 fully saturated rings. The summed E-state index contributed by atoms with van der Waals surface area (Å²) in [6.45, 7) is 1.95. The SMILES string of the molecule is CC[C@H](C#N)c1ccccc1C#N. The van der Waals surface area contributed by atoms with Crippen LogP contribution in [0.2, 0.25) is 0 Å². The first-order chi connectivity index (χ1) is 6.33. The molecule has 0 bridgehead atoms. The van der Waals surface area contributed by atoms with Crippen LogP contribution >= 0.6 is 0 Å². The lowest BCUT2D eigenvalue weighted by Gasteiger charge is -2.07. The largest absolute Gasteiger partial charge is 0.198 e. The van der Waals surface area contributed by atoms with E-state index in [1.807, 2.05) is 25.1 Å². The molecule has 0 heterocycles. The highest BCUT2D eigenvalue weighted by atomic mass is 14.3. The Bertz CT molecular complexity index is 368. The van der Waals surface area contributed by atoms with Gasteiger partial charge in [0.15, 0.2) is 0 Å². The molecule has 0 aliphatic rings. The summed E-state index contributed by atoms with van der Waals surface area (Å²) >= 11 is 0. The molecule has 0 aromatic heterocycles. The molecule has 2 heteroatoms. The maximum absolute atomic E-state index is 8.84. The van der Waals surface area contributed by atoms with E-state index in [0.29, 0.717) is 5.56 Å². The smallest absolute Gasteiger partial charge is 0.0995 e. The number of hydrogen-bond acceptors (Lipinski definition) is 2. The molecule has 0 aliphatic heterocycles. The summed E-state index contributed by atoms with van der Waals surface area (Å²) in [5.41, 5.74) is 1.45. The minimum atomic E-state index is -0.157. The first kappa shape index (κ1) is 9.29. The van der Waals surface area contributed by atoms with Crippen molar-refractivity contribution >= 4 is 0 Å². The second-order valence-corrected chi connectivity index (χ2v) is 2.79. The summed E-state index contributed by atoms with van der Waals surface area (Å²) in [4.78, 5) is 0. The van der Waals surface area contributed by atoms with Gasteiger partial charge in [0.1, 0.15) is 0 Å². The van der Waals surface area contributed by atoms with E-state index in [0.717, 1.165) is 12.0 Å². The molecule has 1 atom stereocenters. The first-order valence-electron chi connectivity index (χ1n) is 4.22. The number of nitrogens with zero attached hydrogens (tertiary/aromatic N) is 2. The second kappa shape index (κ2) is 4.28. The third-order valence-corrected chi connectivity index (χ3v) is 2.02. The van der Waals surface area contributed by atoms with Crippen molar-refractivity contribution in [1.82, 2.24) is 0 Å². The van der Waals surface area contributed by atoms with E-state index in [2.05, 4.69) is 12.1 Å². The highest BCUT2D eigenvalue weighted by Crippen LogP contribution is 2.21. The lowest BCUT2D eigenvalue weighted by atomic mass is 9.94. The van der Waals surface area contributed by atoms with Gasteiger partial charge in [-0.3, -0.25) is 0 Å². The van der Waals surface area contributed by atoms with Crippen molar-refractivity contribution in [2.45, 2.75) is 19.3 Å². The van der Waals surface area contributed by atoms with Gasteiger partial charge in [-0.05, 0) is 18.1 Å². The van der Waals surface area contributed by atoms with Gasteiger partial charge in [-0.1, -0.05) is 25.1 Å². The van der Waals surface area contributed by atoms with E-state index in [1.165, 1.54) is 0 Å². The molecular formula is C11H10N2. The summed E-state index contributed by atoms with van der Waals surface area (Å²) in [6.07, 6.45) is 0.745. The Morgan fingerprint density at radius 3 is 2.54 bits per heavy atom. The van der Waals surface area contributed by atoms with Gasteiger partial charge in [0.25, 0.3) is 0 Å². The first-order valence-corrected chi connectivity index (χ1v) is 4.22. The van der Waals surface area contributed by atoms with Gasteiger partial charge in [-0.2, -0.15) is 10.5 Å². The van der Waals surface area contributed by atoms with Crippen LogP contribution in [-0.4, -0.2) is 0 Å². The van der Waals surface area contributed by atoms with Crippen molar-refractivity contribution in [1.29, 1.82) is 10.5 Å². The third-order valence-electron chi connectivity index (χ3n) is 2.02. The maximum Gasteiger partial charge on any atom is 0.0995 e. The zero-order valence-electron chi connectivity index (χ0n) is 7.49. The quantitative estimate of drug-likeness (QED) is 0.684. The molecule has 64 valence electrons. The Labute approximate surface area is 78.0 Å². The average molecular weight is 170 g/mol. The van der Waals surface area contributed by atoms with E-state index in [1.54, 1.807) is 6.07 Å². The Hall–Kier alpha value is -1.80. The van der Waals surface area contributed by atoms with Crippen molar-refractivity contribution in [2.24, 2.45) is 0 Å². The molecule has 0 saturated heterocycles. The number of benzene rings is 1. The molecule has 0 spiro atoms. The Morgan fingerprint density at radius 1 is 1.31 bits per heavy atom. The van der Waals surface area contributed by atoms with Gasteiger partial charge < -0.3 is 0 Å². The summed E-state index contributed by atoms with van der Waals surface area (Å²) in [5, 5.41) is 17.6. The van der Waals surface area contributed by atoms with Crippen molar-refractivity contribution in [3.63, 3.8) is 0 Å². The van der Waals surface area contributed by atoms with E-state index >= 15 is 0 Å². The molecule has 2 nitrogen and oxygen atoms in total. The van der Waals surface area contributed by atoms with Crippen molar-refractivity contribution in [3.05, 3.63) is 35.4 Å². The van der Waals surface area contributed by atoms with E-state index in [-0.39, 0.29) is 5.92 Å². The van der Waals surface area contributed by atoms with Crippen LogP contribution in [0.1, 0.15) is 30.4 Å². The molecule has 0 radical (unpaired) electrons. The van der Waals surface area contributed by atoms with Gasteiger partial charge in [0.05, 0.1) is 23.6 Å². The molecule has 0 N–H and O–H groups in total. The Kier molecular flexibility index (Phi) is 3.06. The molecule has 0 aliphatic carbocycles. The molecule has 1 aromatic carbocycles. The van der Waals surface area contributed by atoms with Crippen LogP contribution in [0, 0.1) is 22.7 Å². The van der Waals surface area contributed by atoms with E-state index in [4.69, 9.17) is 10.5 Å². The maximum atomic E-state index is 8.84. The fourth-order valence-electron chi connectivity index (χ4n) is 1.28. The minimum Gasteiger partial charge on any atom is -0.198 e. The summed E-state index contributed by atoms with van der Waals surface area (Å²) in [7, 11) is 0. The van der Waals surface area contributed by atoms with Gasteiger partial charge in [-0.15, -0.1) is 0 Å². The van der Waals surface area contributed by atoms with Crippen LogP contribution in [0.15, 0.2) is 24.3 Å². The lowest BCUT2D eigenvalue weighted by Crippen LogP contribution is -1.96. The standard InChI is InChI=1S/C11H10N2/c1-2-9(7-12)11-6-4-3-5-10(11)8-13/h3-6,9H,2H2,1H3/t9-/m1/s1. The van der Waals surface area contributed by atoms with Crippen molar-refractivity contribution in [3.8, 4) is 12.1 Å². The van der Waals surface area contributed by atoms with Crippen molar-refractivity contribution < 1.29 is 0 Å². The summed E-state index contributed by atoms with van der Waals surface area (Å²) < 4.78 is 0. The molecule has 1 rings (SSSR count). The normalized spacial score (nSPS) is 11.3. The van der Waals surface area contributed by atoms with Gasteiger partial charge in [-0.25, -0.2) is 0 Å². The van der Waals surface area contributed by atoms with E-state index < -0.39 is 0 Å². The van der Waals surface area contributed by atoms with Crippen LogP contribution in [-0.2, 0) is 0 Å². The van der Waals surface area contributed by atoms with Gasteiger partial charge >= 0.3 is 0 Å². The topological polar surface area (TPSA) is 47.6 Å². The van der Waals surface area contributed by atoms with Crippen LogP contribution in [0.3, 0.4) is 0 Å². The molecule has 0 unspecified atom stereocenters. The van der Waals surface area contributed by atoms with Gasteiger partial charge in [0, 0.05) is 0 Å². The number of hydrogen-bond donors (Lipinski definition) is 0. The Balaban J connectivity index is 3.15. The zero-order chi connectivity index (χ0) is 9.68.